The van der Waals surface area contributed by atoms with E-state index in [1.165, 1.54) is 60.8 Å². The summed E-state index contributed by atoms with van der Waals surface area (Å²) in [4.78, 5) is 2.72. The number of piperazine rings is 1. The predicted molar refractivity (Wildman–Crippen MR) is 107 cm³/mol. The second kappa shape index (κ2) is 10.2. The van der Waals surface area contributed by atoms with Gasteiger partial charge in [-0.05, 0) is 42.9 Å². The first-order valence-electron chi connectivity index (χ1n) is 8.46. The zero-order chi connectivity index (χ0) is 14.7. The zero-order valence-electron chi connectivity index (χ0n) is 13.9. The number of hydrogen-bond acceptors (Lipinski definition) is 2. The van der Waals surface area contributed by atoms with E-state index in [9.17, 15) is 0 Å². The molecule has 1 N–H and O–H groups in total. The predicted octanol–water partition coefficient (Wildman–Crippen LogP) is 5.13. The van der Waals surface area contributed by atoms with Gasteiger partial charge in [-0.15, -0.1) is 24.8 Å². The summed E-state index contributed by atoms with van der Waals surface area (Å²) in [6.45, 7) is 6.80. The Morgan fingerprint density at radius 1 is 1.09 bits per heavy atom. The maximum atomic E-state index is 3.84. The third kappa shape index (κ3) is 5.34. The Bertz CT molecular complexity index is 454. The second-order valence-corrected chi connectivity index (χ2v) is 7.51. The summed E-state index contributed by atoms with van der Waals surface area (Å²) < 4.78 is 1.30. The summed E-state index contributed by atoms with van der Waals surface area (Å²) in [5.74, 6) is 0.829. The van der Waals surface area contributed by atoms with Crippen LogP contribution in [0.2, 0.25) is 0 Å². The van der Waals surface area contributed by atoms with Crippen LogP contribution in [-0.4, -0.2) is 31.1 Å². The Morgan fingerprint density at radius 2 is 1.74 bits per heavy atom. The normalized spacial score (nSPS) is 21.1. The smallest absolute Gasteiger partial charge is 0.0388 e. The number of hydrogen-bond donors (Lipinski definition) is 1. The molecule has 0 unspecified atom stereocenters. The fourth-order valence-corrected chi connectivity index (χ4v) is 4.76. The first kappa shape index (κ1) is 21.2. The van der Waals surface area contributed by atoms with Crippen LogP contribution >= 0.6 is 40.7 Å². The van der Waals surface area contributed by atoms with E-state index in [0.717, 1.165) is 19.0 Å². The summed E-state index contributed by atoms with van der Waals surface area (Å²) in [7, 11) is 0. The van der Waals surface area contributed by atoms with Crippen molar-refractivity contribution < 1.29 is 0 Å². The largest absolute Gasteiger partial charge is 0.314 e. The monoisotopic (exact) mass is 422 g/mol. The lowest BCUT2D eigenvalue weighted by atomic mass is 9.80. The van der Waals surface area contributed by atoms with Gasteiger partial charge in [-0.25, -0.2) is 0 Å². The van der Waals surface area contributed by atoms with Crippen LogP contribution in [0, 0.1) is 12.8 Å². The van der Waals surface area contributed by atoms with E-state index in [2.05, 4.69) is 51.3 Å². The van der Waals surface area contributed by atoms with Crippen LogP contribution in [-0.2, 0) is 0 Å². The van der Waals surface area contributed by atoms with E-state index >= 15 is 0 Å². The summed E-state index contributed by atoms with van der Waals surface area (Å²) >= 11 is 3.84. The Morgan fingerprint density at radius 3 is 2.35 bits per heavy atom. The van der Waals surface area contributed by atoms with E-state index in [0.29, 0.717) is 6.04 Å². The van der Waals surface area contributed by atoms with Gasteiger partial charge in [-0.2, -0.15) is 0 Å². The van der Waals surface area contributed by atoms with Gasteiger partial charge in [0.15, 0.2) is 0 Å². The first-order valence-corrected chi connectivity index (χ1v) is 9.26. The van der Waals surface area contributed by atoms with Crippen molar-refractivity contribution in [1.29, 1.82) is 0 Å². The van der Waals surface area contributed by atoms with E-state index in [1.54, 1.807) is 0 Å². The van der Waals surface area contributed by atoms with E-state index in [1.807, 2.05) is 0 Å². The lowest BCUT2D eigenvalue weighted by molar-refractivity contribution is 0.103. The van der Waals surface area contributed by atoms with Crippen molar-refractivity contribution in [2.45, 2.75) is 45.1 Å². The standard InChI is InChI=1S/C18H27BrN2.2ClH/c1-14-7-8-16(17(19)13-14)18(15-5-3-2-4-6-15)21-11-9-20-10-12-21;;/h7-8,13,15,18,20H,2-6,9-12H2,1H3;2*1H/t18-;;/m0../s1. The molecule has 0 radical (unpaired) electrons. The minimum absolute atomic E-state index is 0. The van der Waals surface area contributed by atoms with Gasteiger partial charge in [0.05, 0.1) is 0 Å². The third-order valence-electron chi connectivity index (χ3n) is 5.12. The molecule has 1 aromatic carbocycles. The molecular formula is C18H29BrCl2N2. The van der Waals surface area contributed by atoms with Gasteiger partial charge in [0.25, 0.3) is 0 Å². The summed E-state index contributed by atoms with van der Waals surface area (Å²) in [6, 6.07) is 7.52. The maximum absolute atomic E-state index is 3.84. The topological polar surface area (TPSA) is 15.3 Å². The molecule has 1 aliphatic carbocycles. The molecule has 2 nitrogen and oxygen atoms in total. The highest BCUT2D eigenvalue weighted by molar-refractivity contribution is 9.10. The lowest BCUT2D eigenvalue weighted by Gasteiger charge is -2.41. The van der Waals surface area contributed by atoms with Gasteiger partial charge in [0.1, 0.15) is 0 Å². The Kier molecular flexibility index (Phi) is 9.47. The van der Waals surface area contributed by atoms with E-state index < -0.39 is 0 Å². The molecule has 1 saturated heterocycles. The molecule has 0 bridgehead atoms. The lowest BCUT2D eigenvalue weighted by Crippen LogP contribution is -2.47. The molecule has 3 rings (SSSR count). The SMILES string of the molecule is Cc1ccc([C@H](C2CCCCC2)N2CCNCC2)c(Br)c1.Cl.Cl. The number of halogens is 3. The third-order valence-corrected chi connectivity index (χ3v) is 5.80. The van der Waals surface area contributed by atoms with Gasteiger partial charge in [0, 0.05) is 36.7 Å². The number of benzene rings is 1. The van der Waals surface area contributed by atoms with Crippen molar-refractivity contribution in [3.05, 3.63) is 33.8 Å². The highest BCUT2D eigenvalue weighted by Crippen LogP contribution is 2.41. The quantitative estimate of drug-likeness (QED) is 0.724. The minimum Gasteiger partial charge on any atom is -0.314 e. The highest BCUT2D eigenvalue weighted by atomic mass is 79.9. The molecule has 132 valence electrons. The molecule has 0 amide bonds. The van der Waals surface area contributed by atoms with Gasteiger partial charge >= 0.3 is 0 Å². The molecule has 1 aliphatic heterocycles. The van der Waals surface area contributed by atoms with Crippen LogP contribution in [0.5, 0.6) is 0 Å². The van der Waals surface area contributed by atoms with Crippen molar-refractivity contribution in [2.75, 3.05) is 26.2 Å². The molecule has 1 atom stereocenters. The average molecular weight is 424 g/mol. The van der Waals surface area contributed by atoms with Crippen molar-refractivity contribution in [2.24, 2.45) is 5.92 Å². The van der Waals surface area contributed by atoms with Crippen LogP contribution in [0.15, 0.2) is 22.7 Å². The molecule has 0 aromatic heterocycles. The summed E-state index contributed by atoms with van der Waals surface area (Å²) in [6.07, 6.45) is 7.05. The Labute approximate surface area is 161 Å². The van der Waals surface area contributed by atoms with E-state index in [4.69, 9.17) is 0 Å². The average Bonchev–Trinajstić information content (AvgIpc) is 2.52. The minimum atomic E-state index is 0. The van der Waals surface area contributed by atoms with Crippen molar-refractivity contribution in [3.8, 4) is 0 Å². The zero-order valence-corrected chi connectivity index (χ0v) is 17.1. The van der Waals surface area contributed by atoms with E-state index in [-0.39, 0.29) is 24.8 Å². The second-order valence-electron chi connectivity index (χ2n) is 6.65. The van der Waals surface area contributed by atoms with Gasteiger partial charge in [0.2, 0.25) is 0 Å². The number of rotatable bonds is 3. The fourth-order valence-electron chi connectivity index (χ4n) is 4.03. The number of aryl methyl sites for hydroxylation is 1. The van der Waals surface area contributed by atoms with Crippen LogP contribution in [0.1, 0.15) is 49.3 Å². The molecule has 5 heteroatoms. The summed E-state index contributed by atoms with van der Waals surface area (Å²) in [5.41, 5.74) is 2.85. The highest BCUT2D eigenvalue weighted by Gasteiger charge is 2.31. The Balaban J connectivity index is 0.00000132. The first-order chi connectivity index (χ1) is 10.3. The van der Waals surface area contributed by atoms with Crippen LogP contribution in [0.3, 0.4) is 0 Å². The molecule has 1 heterocycles. The number of nitrogens with zero attached hydrogens (tertiary/aromatic N) is 1. The molecular weight excluding hydrogens is 395 g/mol. The molecule has 23 heavy (non-hydrogen) atoms. The van der Waals surface area contributed by atoms with Crippen LogP contribution in [0.25, 0.3) is 0 Å². The molecule has 1 aromatic rings. The van der Waals surface area contributed by atoms with Gasteiger partial charge in [-0.1, -0.05) is 47.3 Å². The Hall–Kier alpha value is 0.200. The fraction of sp³-hybridized carbons (Fsp3) is 0.667. The molecule has 2 fully saturated rings. The van der Waals surface area contributed by atoms with Crippen molar-refractivity contribution >= 4 is 40.7 Å². The van der Waals surface area contributed by atoms with Gasteiger partial charge < -0.3 is 5.32 Å². The van der Waals surface area contributed by atoms with Crippen molar-refractivity contribution in [3.63, 3.8) is 0 Å². The van der Waals surface area contributed by atoms with Crippen LogP contribution in [0.4, 0.5) is 0 Å². The molecule has 1 saturated carbocycles. The van der Waals surface area contributed by atoms with Crippen molar-refractivity contribution in [1.82, 2.24) is 10.2 Å². The van der Waals surface area contributed by atoms with Crippen LogP contribution < -0.4 is 5.32 Å². The molecule has 0 spiro atoms. The van der Waals surface area contributed by atoms with Gasteiger partial charge in [-0.3, -0.25) is 4.90 Å². The number of nitrogens with one attached hydrogen (secondary N) is 1. The molecule has 2 aliphatic rings. The summed E-state index contributed by atoms with van der Waals surface area (Å²) in [5, 5.41) is 3.49. The maximum Gasteiger partial charge on any atom is 0.0388 e.